The first kappa shape index (κ1) is 9.80. The molecule has 1 fully saturated rings. The molecule has 2 N–H and O–H groups in total. The lowest BCUT2D eigenvalue weighted by Gasteiger charge is -2.31. The Morgan fingerprint density at radius 1 is 1.42 bits per heavy atom. The molecule has 0 saturated heterocycles. The third-order valence-corrected chi connectivity index (χ3v) is 3.78. The summed E-state index contributed by atoms with van der Waals surface area (Å²) in [5.74, 6) is 0. The summed E-state index contributed by atoms with van der Waals surface area (Å²) in [6.45, 7) is 0.204. The van der Waals surface area contributed by atoms with E-state index in [9.17, 15) is 4.21 Å². The van der Waals surface area contributed by atoms with E-state index in [-0.39, 0.29) is 6.54 Å². The highest BCUT2D eigenvalue weighted by molar-refractivity contribution is 7.80. The largest absolute Gasteiger partial charge is 0.306 e. The van der Waals surface area contributed by atoms with E-state index in [4.69, 9.17) is 10.1 Å². The molecule has 0 bridgehead atoms. The Morgan fingerprint density at radius 3 is 2.42 bits per heavy atom. The van der Waals surface area contributed by atoms with Crippen molar-refractivity contribution in [3.63, 3.8) is 0 Å². The van der Waals surface area contributed by atoms with Gasteiger partial charge in [0, 0.05) is 0 Å². The molecule has 1 aliphatic carbocycles. The molecule has 0 heterocycles. The molecule has 12 heavy (non-hydrogen) atoms. The van der Waals surface area contributed by atoms with Crippen molar-refractivity contribution >= 4 is 11.1 Å². The summed E-state index contributed by atoms with van der Waals surface area (Å²) < 4.78 is 19.5. The van der Waals surface area contributed by atoms with Gasteiger partial charge in [0.15, 0.2) is 11.1 Å². The van der Waals surface area contributed by atoms with Crippen LogP contribution in [-0.2, 0) is 11.1 Å². The second-order valence-electron chi connectivity index (χ2n) is 3.31. The van der Waals surface area contributed by atoms with Crippen LogP contribution in [0.25, 0.3) is 0 Å². The predicted molar refractivity (Wildman–Crippen MR) is 46.6 cm³/mol. The molecular weight excluding hydrogens is 176 g/mol. The van der Waals surface area contributed by atoms with Crippen LogP contribution >= 0.6 is 0 Å². The van der Waals surface area contributed by atoms with Crippen LogP contribution in [0.15, 0.2) is 5.11 Å². The maximum Gasteiger partial charge on any atom is 0.161 e. The molecule has 0 spiro atoms. The van der Waals surface area contributed by atoms with E-state index in [2.05, 4.69) is 5.11 Å². The van der Waals surface area contributed by atoms with Crippen LogP contribution in [-0.4, -0.2) is 20.1 Å². The van der Waals surface area contributed by atoms with Gasteiger partial charge in [-0.15, -0.1) is 0 Å². The summed E-state index contributed by atoms with van der Waals surface area (Å²) in [4.78, 5) is 0. The van der Waals surface area contributed by atoms with Crippen LogP contribution in [0.1, 0.15) is 32.1 Å². The third-order valence-electron chi connectivity index (χ3n) is 2.50. The van der Waals surface area contributed by atoms with Crippen molar-refractivity contribution in [1.82, 2.24) is 0 Å². The summed E-state index contributed by atoms with van der Waals surface area (Å²) >= 11 is -1.82. The van der Waals surface area contributed by atoms with Crippen molar-refractivity contribution in [1.29, 1.82) is 5.53 Å². The summed E-state index contributed by atoms with van der Waals surface area (Å²) in [5.41, 5.74) is 6.74. The zero-order valence-electron chi connectivity index (χ0n) is 6.95. The molecule has 5 heteroatoms. The summed E-state index contributed by atoms with van der Waals surface area (Å²) in [6.07, 6.45) is 4.58. The molecule has 0 aromatic carbocycles. The number of nitrogens with zero attached hydrogens (tertiary/aromatic N) is 1. The lowest BCUT2D eigenvalue weighted by Crippen LogP contribution is -2.39. The van der Waals surface area contributed by atoms with Gasteiger partial charge in [-0.1, -0.05) is 19.3 Å². The SMILES string of the molecule is N=NCC1(S(=O)O)CCCCC1. The van der Waals surface area contributed by atoms with Crippen LogP contribution in [0.2, 0.25) is 0 Å². The second-order valence-corrected chi connectivity index (χ2v) is 4.67. The van der Waals surface area contributed by atoms with Gasteiger partial charge in [-0.3, -0.25) is 0 Å². The van der Waals surface area contributed by atoms with Gasteiger partial charge in [-0.2, -0.15) is 5.11 Å². The molecule has 0 amide bonds. The fraction of sp³-hybridized carbons (Fsp3) is 1.00. The van der Waals surface area contributed by atoms with Gasteiger partial charge in [0.2, 0.25) is 0 Å². The first-order valence-electron chi connectivity index (χ1n) is 4.15. The highest BCUT2D eigenvalue weighted by atomic mass is 32.2. The van der Waals surface area contributed by atoms with E-state index in [0.717, 1.165) is 32.1 Å². The van der Waals surface area contributed by atoms with Crippen LogP contribution in [0.3, 0.4) is 0 Å². The topological polar surface area (TPSA) is 73.5 Å². The van der Waals surface area contributed by atoms with E-state index >= 15 is 0 Å². The van der Waals surface area contributed by atoms with Crippen LogP contribution in [0.4, 0.5) is 0 Å². The fourth-order valence-electron chi connectivity index (χ4n) is 1.73. The maximum absolute atomic E-state index is 11.0. The van der Waals surface area contributed by atoms with Crippen molar-refractivity contribution in [2.24, 2.45) is 5.11 Å². The standard InChI is InChI=1S/C7H14N2O2S/c8-9-6-7(12(10)11)4-2-1-3-5-7/h8H,1-6H2,(H,10,11). The average molecular weight is 190 g/mol. The van der Waals surface area contributed by atoms with Gasteiger partial charge in [0.05, 0.1) is 11.3 Å². The highest BCUT2D eigenvalue weighted by Crippen LogP contribution is 2.32. The zero-order chi connectivity index (χ0) is 9.03. The molecule has 1 rings (SSSR count). The maximum atomic E-state index is 11.0. The molecular formula is C7H14N2O2S. The van der Waals surface area contributed by atoms with E-state index in [1.807, 2.05) is 0 Å². The highest BCUT2D eigenvalue weighted by Gasteiger charge is 2.37. The summed E-state index contributed by atoms with van der Waals surface area (Å²) in [7, 11) is 0. The third kappa shape index (κ3) is 1.90. The quantitative estimate of drug-likeness (QED) is 0.527. The molecule has 0 aliphatic heterocycles. The van der Waals surface area contributed by atoms with Gasteiger partial charge >= 0.3 is 0 Å². The fourth-order valence-corrected chi connectivity index (χ4v) is 2.54. The molecule has 1 unspecified atom stereocenters. The van der Waals surface area contributed by atoms with Crippen molar-refractivity contribution in [2.45, 2.75) is 36.9 Å². The van der Waals surface area contributed by atoms with E-state index in [1.165, 1.54) is 0 Å². The Balaban J connectivity index is 2.69. The Hall–Kier alpha value is -0.290. The smallest absolute Gasteiger partial charge is 0.161 e. The monoisotopic (exact) mass is 190 g/mol. The first-order valence-corrected chi connectivity index (χ1v) is 5.26. The number of nitrogens with one attached hydrogen (secondary N) is 1. The van der Waals surface area contributed by atoms with E-state index < -0.39 is 15.8 Å². The Labute approximate surface area is 74.5 Å². The number of hydrogen-bond acceptors (Lipinski definition) is 3. The van der Waals surface area contributed by atoms with Gasteiger partial charge in [-0.25, -0.2) is 9.74 Å². The lowest BCUT2D eigenvalue weighted by atomic mass is 9.88. The van der Waals surface area contributed by atoms with Gasteiger partial charge in [0.1, 0.15) is 0 Å². The predicted octanol–water partition coefficient (Wildman–Crippen LogP) is 1.94. The molecule has 1 atom stereocenters. The Morgan fingerprint density at radius 2 is 2.00 bits per heavy atom. The van der Waals surface area contributed by atoms with Crippen molar-refractivity contribution in [3.05, 3.63) is 0 Å². The normalized spacial score (nSPS) is 24.8. The summed E-state index contributed by atoms with van der Waals surface area (Å²) in [5, 5.41) is 3.25. The first-order chi connectivity index (χ1) is 5.71. The van der Waals surface area contributed by atoms with Gasteiger partial charge in [0.25, 0.3) is 0 Å². The molecule has 0 radical (unpaired) electrons. The van der Waals surface area contributed by atoms with Crippen molar-refractivity contribution in [3.8, 4) is 0 Å². The van der Waals surface area contributed by atoms with Gasteiger partial charge in [-0.05, 0) is 12.8 Å². The zero-order valence-corrected chi connectivity index (χ0v) is 7.77. The molecule has 1 saturated carbocycles. The van der Waals surface area contributed by atoms with Crippen LogP contribution in [0, 0.1) is 5.53 Å². The minimum atomic E-state index is -1.82. The molecule has 4 nitrogen and oxygen atoms in total. The molecule has 0 aromatic rings. The Bertz CT molecular complexity index is 190. The van der Waals surface area contributed by atoms with Crippen molar-refractivity contribution < 1.29 is 8.76 Å². The lowest BCUT2D eigenvalue weighted by molar-refractivity contribution is 0.367. The van der Waals surface area contributed by atoms with Crippen LogP contribution < -0.4 is 0 Å². The van der Waals surface area contributed by atoms with Crippen LogP contribution in [0.5, 0.6) is 0 Å². The average Bonchev–Trinajstić information content (AvgIpc) is 2.06. The van der Waals surface area contributed by atoms with Gasteiger partial charge < -0.3 is 4.55 Å². The Kier molecular flexibility index (Phi) is 3.34. The van der Waals surface area contributed by atoms with E-state index in [1.54, 1.807) is 0 Å². The molecule has 70 valence electrons. The minimum Gasteiger partial charge on any atom is -0.306 e. The minimum absolute atomic E-state index is 0.204. The number of rotatable bonds is 3. The second kappa shape index (κ2) is 4.09. The van der Waals surface area contributed by atoms with E-state index in [0.29, 0.717) is 0 Å². The molecule has 1 aliphatic rings. The number of hydrogen-bond donors (Lipinski definition) is 2. The summed E-state index contributed by atoms with van der Waals surface area (Å²) in [6, 6.07) is 0. The molecule has 0 aromatic heterocycles. The van der Waals surface area contributed by atoms with Crippen molar-refractivity contribution in [2.75, 3.05) is 6.54 Å².